The number of morpholine rings is 1. The number of carboxylic acid groups (broad SMARTS) is 1. The molecule has 27 heavy (non-hydrogen) atoms. The third-order valence-corrected chi connectivity index (χ3v) is 4.31. The van der Waals surface area contributed by atoms with E-state index in [0.29, 0.717) is 17.5 Å². The Morgan fingerprint density at radius 1 is 1.33 bits per heavy atom. The SMILES string of the molecule is CC(=O)N(CC(=O)O)CC1CN(C(=O)c2cc3cc(F)ccc3o2)CCO1. The summed E-state index contributed by atoms with van der Waals surface area (Å²) in [5, 5.41) is 9.39. The quantitative estimate of drug-likeness (QED) is 0.843. The number of aliphatic carboxylic acids is 1. The van der Waals surface area contributed by atoms with E-state index in [0.717, 1.165) is 4.90 Å². The summed E-state index contributed by atoms with van der Waals surface area (Å²) in [6.07, 6.45) is -0.507. The first kappa shape index (κ1) is 18.8. The van der Waals surface area contributed by atoms with Crippen LogP contribution in [0.15, 0.2) is 28.7 Å². The molecule has 1 atom stereocenters. The van der Waals surface area contributed by atoms with Crippen LogP contribution in [0.3, 0.4) is 0 Å². The Kier molecular flexibility index (Phi) is 5.41. The van der Waals surface area contributed by atoms with E-state index in [1.54, 1.807) is 0 Å². The molecular formula is C18H19FN2O6. The molecule has 3 rings (SSSR count). The van der Waals surface area contributed by atoms with Crippen molar-refractivity contribution < 1.29 is 33.0 Å². The van der Waals surface area contributed by atoms with Crippen LogP contribution in [0.25, 0.3) is 11.0 Å². The number of carbonyl (C=O) groups is 3. The fourth-order valence-electron chi connectivity index (χ4n) is 3.00. The van der Waals surface area contributed by atoms with Gasteiger partial charge in [0.15, 0.2) is 5.76 Å². The first-order valence-electron chi connectivity index (χ1n) is 8.41. The van der Waals surface area contributed by atoms with Gasteiger partial charge in [0.05, 0.1) is 12.7 Å². The normalized spacial score (nSPS) is 17.1. The van der Waals surface area contributed by atoms with Crippen LogP contribution in [0.4, 0.5) is 4.39 Å². The van der Waals surface area contributed by atoms with Gasteiger partial charge < -0.3 is 24.1 Å². The average molecular weight is 378 g/mol. The number of carbonyl (C=O) groups excluding carboxylic acids is 2. The van der Waals surface area contributed by atoms with Gasteiger partial charge >= 0.3 is 5.97 Å². The molecule has 0 spiro atoms. The summed E-state index contributed by atoms with van der Waals surface area (Å²) in [5.74, 6) is -2.21. The van der Waals surface area contributed by atoms with Crippen LogP contribution in [-0.2, 0) is 14.3 Å². The Morgan fingerprint density at radius 2 is 2.11 bits per heavy atom. The van der Waals surface area contributed by atoms with Gasteiger partial charge in [-0.1, -0.05) is 0 Å². The fourth-order valence-corrected chi connectivity index (χ4v) is 3.00. The maximum absolute atomic E-state index is 13.3. The van der Waals surface area contributed by atoms with Crippen molar-refractivity contribution in [3.05, 3.63) is 35.8 Å². The Hall–Kier alpha value is -2.94. The Morgan fingerprint density at radius 3 is 2.81 bits per heavy atom. The predicted octanol–water partition coefficient (Wildman–Crippen LogP) is 1.35. The van der Waals surface area contributed by atoms with Gasteiger partial charge in [-0.05, 0) is 24.3 Å². The summed E-state index contributed by atoms with van der Waals surface area (Å²) in [7, 11) is 0. The molecule has 0 bridgehead atoms. The maximum Gasteiger partial charge on any atom is 0.323 e. The lowest BCUT2D eigenvalue weighted by molar-refractivity contribution is -0.145. The predicted molar refractivity (Wildman–Crippen MR) is 91.7 cm³/mol. The topological polar surface area (TPSA) is 100 Å². The summed E-state index contributed by atoms with van der Waals surface area (Å²) >= 11 is 0. The summed E-state index contributed by atoms with van der Waals surface area (Å²) in [6, 6.07) is 5.48. The number of carboxylic acids is 1. The number of nitrogens with zero attached hydrogens (tertiary/aromatic N) is 2. The van der Waals surface area contributed by atoms with Crippen molar-refractivity contribution in [2.24, 2.45) is 0 Å². The lowest BCUT2D eigenvalue weighted by atomic mass is 10.2. The molecule has 144 valence electrons. The monoisotopic (exact) mass is 378 g/mol. The van der Waals surface area contributed by atoms with Crippen molar-refractivity contribution in [1.29, 1.82) is 0 Å². The van der Waals surface area contributed by atoms with E-state index in [2.05, 4.69) is 0 Å². The van der Waals surface area contributed by atoms with Gasteiger partial charge in [0.2, 0.25) is 5.91 Å². The van der Waals surface area contributed by atoms with Gasteiger partial charge in [-0.2, -0.15) is 0 Å². The number of rotatable bonds is 5. The van der Waals surface area contributed by atoms with Crippen molar-refractivity contribution in [3.8, 4) is 0 Å². The van der Waals surface area contributed by atoms with Gasteiger partial charge in [0.1, 0.15) is 17.9 Å². The van der Waals surface area contributed by atoms with E-state index < -0.39 is 24.4 Å². The van der Waals surface area contributed by atoms with Crippen LogP contribution >= 0.6 is 0 Å². The van der Waals surface area contributed by atoms with Crippen molar-refractivity contribution in [2.45, 2.75) is 13.0 Å². The lowest BCUT2D eigenvalue weighted by Gasteiger charge is -2.34. The number of amides is 2. The van der Waals surface area contributed by atoms with Gasteiger partial charge in [-0.25, -0.2) is 4.39 Å². The fraction of sp³-hybridized carbons (Fsp3) is 0.389. The van der Waals surface area contributed by atoms with Crippen LogP contribution in [0.5, 0.6) is 0 Å². The average Bonchev–Trinajstić information content (AvgIpc) is 3.03. The van der Waals surface area contributed by atoms with E-state index in [-0.39, 0.29) is 37.3 Å². The molecule has 1 aliphatic heterocycles. The molecule has 2 amide bonds. The van der Waals surface area contributed by atoms with E-state index in [9.17, 15) is 18.8 Å². The van der Waals surface area contributed by atoms with Gasteiger partial charge in [-0.15, -0.1) is 0 Å². The minimum atomic E-state index is -1.12. The first-order valence-corrected chi connectivity index (χ1v) is 8.41. The smallest absolute Gasteiger partial charge is 0.323 e. The standard InChI is InChI=1S/C18H19FN2O6/c1-11(22)21(10-17(23)24)9-14-8-20(4-5-26-14)18(25)16-7-12-6-13(19)2-3-15(12)27-16/h2-3,6-7,14H,4-5,8-10H2,1H3,(H,23,24). The van der Waals surface area contributed by atoms with Crippen LogP contribution in [-0.4, -0.2) is 71.6 Å². The van der Waals surface area contributed by atoms with Crippen LogP contribution in [0, 0.1) is 5.82 Å². The molecule has 0 saturated carbocycles. The van der Waals surface area contributed by atoms with Crippen LogP contribution in [0.1, 0.15) is 17.5 Å². The largest absolute Gasteiger partial charge is 0.480 e. The van der Waals surface area contributed by atoms with Crippen LogP contribution in [0.2, 0.25) is 0 Å². The zero-order chi connectivity index (χ0) is 19.6. The second kappa shape index (κ2) is 7.75. The van der Waals surface area contributed by atoms with Crippen molar-refractivity contribution in [1.82, 2.24) is 9.80 Å². The second-order valence-electron chi connectivity index (χ2n) is 6.33. The molecule has 1 aliphatic rings. The zero-order valence-electron chi connectivity index (χ0n) is 14.7. The minimum absolute atomic E-state index is 0.0662. The molecule has 2 heterocycles. The van der Waals surface area contributed by atoms with Crippen LogP contribution < -0.4 is 0 Å². The molecule has 1 unspecified atom stereocenters. The number of halogens is 1. The third-order valence-electron chi connectivity index (χ3n) is 4.31. The third kappa shape index (κ3) is 4.43. The number of benzene rings is 1. The molecule has 1 aromatic heterocycles. The molecule has 9 heteroatoms. The molecule has 1 saturated heterocycles. The van der Waals surface area contributed by atoms with E-state index in [1.165, 1.54) is 36.1 Å². The van der Waals surface area contributed by atoms with E-state index in [1.807, 2.05) is 0 Å². The molecule has 1 N–H and O–H groups in total. The highest BCUT2D eigenvalue weighted by atomic mass is 19.1. The highest BCUT2D eigenvalue weighted by molar-refractivity contribution is 5.96. The second-order valence-corrected chi connectivity index (χ2v) is 6.33. The number of ether oxygens (including phenoxy) is 1. The molecule has 0 radical (unpaired) electrons. The first-order chi connectivity index (χ1) is 12.8. The summed E-state index contributed by atoms with van der Waals surface area (Å²) in [6.45, 7) is 1.69. The summed E-state index contributed by atoms with van der Waals surface area (Å²) < 4.78 is 24.4. The van der Waals surface area contributed by atoms with Crippen molar-refractivity contribution in [2.75, 3.05) is 32.8 Å². The van der Waals surface area contributed by atoms with E-state index >= 15 is 0 Å². The lowest BCUT2D eigenvalue weighted by Crippen LogP contribution is -2.51. The highest BCUT2D eigenvalue weighted by Gasteiger charge is 2.29. The van der Waals surface area contributed by atoms with Gasteiger partial charge in [0, 0.05) is 31.9 Å². The molecular weight excluding hydrogens is 359 g/mol. The molecule has 2 aromatic rings. The Labute approximate surface area is 154 Å². The summed E-state index contributed by atoms with van der Waals surface area (Å²) in [5.41, 5.74) is 0.411. The Bertz CT molecular complexity index is 880. The number of hydrogen-bond acceptors (Lipinski definition) is 5. The molecule has 8 nitrogen and oxygen atoms in total. The van der Waals surface area contributed by atoms with Crippen molar-refractivity contribution >= 4 is 28.8 Å². The molecule has 1 fully saturated rings. The number of fused-ring (bicyclic) bond motifs is 1. The van der Waals surface area contributed by atoms with Crippen molar-refractivity contribution in [3.63, 3.8) is 0 Å². The Balaban J connectivity index is 1.69. The summed E-state index contributed by atoms with van der Waals surface area (Å²) in [4.78, 5) is 37.9. The number of hydrogen-bond donors (Lipinski definition) is 1. The number of furan rings is 1. The molecule has 1 aromatic carbocycles. The van der Waals surface area contributed by atoms with Gasteiger partial charge in [-0.3, -0.25) is 14.4 Å². The van der Waals surface area contributed by atoms with E-state index in [4.69, 9.17) is 14.3 Å². The highest BCUT2D eigenvalue weighted by Crippen LogP contribution is 2.22. The van der Waals surface area contributed by atoms with Gasteiger partial charge in [0.25, 0.3) is 5.91 Å². The maximum atomic E-state index is 13.3. The molecule has 0 aliphatic carbocycles. The minimum Gasteiger partial charge on any atom is -0.480 e. The zero-order valence-corrected chi connectivity index (χ0v) is 14.7.